The van der Waals surface area contributed by atoms with Gasteiger partial charge >= 0.3 is 6.61 Å². The maximum atomic E-state index is 12.7. The molecule has 0 radical (unpaired) electrons. The maximum absolute atomic E-state index is 12.7. The number of nitrogens with one attached hydrogen (secondary N) is 1. The number of sulfonamides is 1. The standard InChI is InChI=1S/C21H17F2N3O5S2/c1-11(2)26-19(28)14-8-7-12(9-17(14)33(26,29)30)18(27)25-21-24-15(10-32-21)13-5-3-4-6-16(13)31-20(22)23/h3-11,20H,1-2H3,(H,24,25,27). The van der Waals surface area contributed by atoms with Crippen LogP contribution in [0.25, 0.3) is 11.3 Å². The Labute approximate surface area is 191 Å². The highest BCUT2D eigenvalue weighted by Crippen LogP contribution is 2.34. The van der Waals surface area contributed by atoms with Crippen molar-refractivity contribution in [3.05, 3.63) is 59.0 Å². The van der Waals surface area contributed by atoms with Crippen LogP contribution in [0.4, 0.5) is 13.9 Å². The third-order valence-electron chi connectivity index (χ3n) is 4.78. The lowest BCUT2D eigenvalue weighted by atomic mass is 10.1. The van der Waals surface area contributed by atoms with Crippen molar-refractivity contribution in [1.82, 2.24) is 9.29 Å². The molecule has 12 heteroatoms. The average Bonchev–Trinajstić information content (AvgIpc) is 3.28. The van der Waals surface area contributed by atoms with E-state index in [1.54, 1.807) is 37.4 Å². The molecule has 1 N–H and O–H groups in total. The Morgan fingerprint density at radius 3 is 2.58 bits per heavy atom. The van der Waals surface area contributed by atoms with E-state index >= 15 is 0 Å². The number of benzene rings is 2. The number of carbonyl (C=O) groups is 2. The van der Waals surface area contributed by atoms with E-state index in [1.807, 2.05) is 0 Å². The molecule has 0 saturated heterocycles. The lowest BCUT2D eigenvalue weighted by Crippen LogP contribution is -2.36. The zero-order valence-electron chi connectivity index (χ0n) is 17.3. The van der Waals surface area contributed by atoms with Crippen LogP contribution in [0.15, 0.2) is 52.7 Å². The van der Waals surface area contributed by atoms with Crippen LogP contribution < -0.4 is 10.1 Å². The number of alkyl halides is 2. The van der Waals surface area contributed by atoms with Crippen molar-refractivity contribution in [3.8, 4) is 17.0 Å². The number of hydrogen-bond acceptors (Lipinski definition) is 7. The number of nitrogens with zero attached hydrogens (tertiary/aromatic N) is 2. The normalized spacial score (nSPS) is 14.6. The number of rotatable bonds is 6. The third-order valence-corrected chi connectivity index (χ3v) is 7.54. The summed E-state index contributed by atoms with van der Waals surface area (Å²) in [5, 5.41) is 4.29. The van der Waals surface area contributed by atoms with E-state index in [9.17, 15) is 26.8 Å². The largest absolute Gasteiger partial charge is 0.434 e. The summed E-state index contributed by atoms with van der Waals surface area (Å²) in [6, 6.07) is 9.36. The summed E-state index contributed by atoms with van der Waals surface area (Å²) in [5.74, 6) is -1.33. The van der Waals surface area contributed by atoms with E-state index in [0.29, 0.717) is 11.3 Å². The molecule has 33 heavy (non-hydrogen) atoms. The van der Waals surface area contributed by atoms with Crippen LogP contribution in [-0.2, 0) is 10.0 Å². The summed E-state index contributed by atoms with van der Waals surface area (Å²) < 4.78 is 56.1. The smallest absolute Gasteiger partial charge is 0.387 e. The lowest BCUT2D eigenvalue weighted by Gasteiger charge is -2.18. The van der Waals surface area contributed by atoms with Crippen molar-refractivity contribution in [3.63, 3.8) is 0 Å². The number of amides is 2. The van der Waals surface area contributed by atoms with E-state index in [0.717, 1.165) is 21.7 Å². The van der Waals surface area contributed by atoms with Crippen molar-refractivity contribution in [2.45, 2.75) is 31.4 Å². The molecule has 3 aromatic rings. The SMILES string of the molecule is CC(C)N1C(=O)c2ccc(C(=O)Nc3nc(-c4ccccc4OC(F)F)cs3)cc2S1(=O)=O. The van der Waals surface area contributed by atoms with Gasteiger partial charge in [0.25, 0.3) is 21.8 Å². The molecular formula is C21H17F2N3O5S2. The Morgan fingerprint density at radius 1 is 1.15 bits per heavy atom. The van der Waals surface area contributed by atoms with Crippen LogP contribution in [0, 0.1) is 0 Å². The first-order valence-electron chi connectivity index (χ1n) is 9.63. The highest BCUT2D eigenvalue weighted by atomic mass is 32.2. The molecule has 1 aliphatic heterocycles. The summed E-state index contributed by atoms with van der Waals surface area (Å²) in [4.78, 5) is 29.2. The number of thiazole rings is 1. The van der Waals surface area contributed by atoms with E-state index < -0.39 is 34.5 Å². The second kappa shape index (κ2) is 8.52. The van der Waals surface area contributed by atoms with Gasteiger partial charge in [-0.05, 0) is 44.2 Å². The molecule has 172 valence electrons. The van der Waals surface area contributed by atoms with Crippen LogP contribution in [0.1, 0.15) is 34.6 Å². The van der Waals surface area contributed by atoms with Gasteiger partial charge in [-0.1, -0.05) is 12.1 Å². The molecule has 0 unspecified atom stereocenters. The topological polar surface area (TPSA) is 106 Å². The summed E-state index contributed by atoms with van der Waals surface area (Å²) >= 11 is 1.06. The molecule has 2 aromatic carbocycles. The van der Waals surface area contributed by atoms with Gasteiger partial charge in [-0.3, -0.25) is 14.9 Å². The molecule has 0 bridgehead atoms. The highest BCUT2D eigenvalue weighted by molar-refractivity contribution is 7.90. The number of para-hydroxylation sites is 1. The summed E-state index contributed by atoms with van der Waals surface area (Å²) in [6.45, 7) is 0.164. The van der Waals surface area contributed by atoms with Crippen molar-refractivity contribution >= 4 is 38.3 Å². The maximum Gasteiger partial charge on any atom is 0.387 e. The second-order valence-electron chi connectivity index (χ2n) is 7.28. The predicted molar refractivity (Wildman–Crippen MR) is 117 cm³/mol. The number of hydrogen-bond donors (Lipinski definition) is 1. The van der Waals surface area contributed by atoms with Gasteiger partial charge in [0.05, 0.1) is 11.3 Å². The van der Waals surface area contributed by atoms with Gasteiger partial charge in [-0.15, -0.1) is 11.3 Å². The molecule has 4 rings (SSSR count). The molecule has 1 aliphatic rings. The van der Waals surface area contributed by atoms with E-state index in [1.165, 1.54) is 18.2 Å². The van der Waals surface area contributed by atoms with Crippen molar-refractivity contribution < 1.29 is 31.5 Å². The van der Waals surface area contributed by atoms with Gasteiger partial charge in [-0.2, -0.15) is 8.78 Å². The van der Waals surface area contributed by atoms with Gasteiger partial charge in [0.2, 0.25) is 0 Å². The monoisotopic (exact) mass is 493 g/mol. The zero-order valence-corrected chi connectivity index (χ0v) is 18.9. The number of halogens is 2. The minimum absolute atomic E-state index is 0.00687. The Kier molecular flexibility index (Phi) is 5.89. The fraction of sp³-hybridized carbons (Fsp3) is 0.190. The lowest BCUT2D eigenvalue weighted by molar-refractivity contribution is -0.0494. The average molecular weight is 494 g/mol. The van der Waals surface area contributed by atoms with E-state index in [2.05, 4.69) is 15.0 Å². The molecule has 0 spiro atoms. The summed E-state index contributed by atoms with van der Waals surface area (Å²) in [7, 11) is -4.05. The molecule has 0 saturated carbocycles. The van der Waals surface area contributed by atoms with Crippen molar-refractivity contribution in [1.29, 1.82) is 0 Å². The molecule has 0 fully saturated rings. The van der Waals surface area contributed by atoms with Crippen molar-refractivity contribution in [2.24, 2.45) is 0 Å². The molecule has 2 heterocycles. The Hall–Kier alpha value is -3.38. The van der Waals surface area contributed by atoms with Crippen LogP contribution in [0.3, 0.4) is 0 Å². The van der Waals surface area contributed by atoms with Gasteiger partial charge in [0.15, 0.2) is 5.13 Å². The Balaban J connectivity index is 1.58. The van der Waals surface area contributed by atoms with Gasteiger partial charge < -0.3 is 4.74 Å². The quantitative estimate of drug-likeness (QED) is 0.551. The van der Waals surface area contributed by atoms with Gasteiger partial charge in [-0.25, -0.2) is 17.7 Å². The molecule has 0 aliphatic carbocycles. The predicted octanol–water partition coefficient (Wildman–Crippen LogP) is 4.22. The van der Waals surface area contributed by atoms with Crippen molar-refractivity contribution in [2.75, 3.05) is 5.32 Å². The van der Waals surface area contributed by atoms with Crippen LogP contribution in [0.5, 0.6) is 5.75 Å². The van der Waals surface area contributed by atoms with Crippen LogP contribution in [0.2, 0.25) is 0 Å². The third kappa shape index (κ3) is 4.18. The first-order valence-corrected chi connectivity index (χ1v) is 12.0. The Bertz CT molecular complexity index is 1360. The Morgan fingerprint density at radius 2 is 1.88 bits per heavy atom. The van der Waals surface area contributed by atoms with E-state index in [-0.39, 0.29) is 26.9 Å². The number of aromatic nitrogens is 1. The molecule has 2 amide bonds. The van der Waals surface area contributed by atoms with Gasteiger partial charge in [0, 0.05) is 22.5 Å². The summed E-state index contributed by atoms with van der Waals surface area (Å²) in [5.41, 5.74) is 0.674. The van der Waals surface area contributed by atoms with Crippen LogP contribution >= 0.6 is 11.3 Å². The minimum atomic E-state index is -4.05. The first-order chi connectivity index (χ1) is 15.6. The summed E-state index contributed by atoms with van der Waals surface area (Å²) in [6.07, 6.45) is 0. The fourth-order valence-corrected chi connectivity index (χ4v) is 5.90. The van der Waals surface area contributed by atoms with E-state index in [4.69, 9.17) is 0 Å². The molecule has 8 nitrogen and oxygen atoms in total. The first kappa shape index (κ1) is 22.8. The number of fused-ring (bicyclic) bond motifs is 1. The number of carbonyl (C=O) groups excluding carboxylic acids is 2. The molecule has 0 atom stereocenters. The minimum Gasteiger partial charge on any atom is -0.434 e. The number of anilines is 1. The molecule has 1 aromatic heterocycles. The number of ether oxygens (including phenoxy) is 1. The molecular weight excluding hydrogens is 476 g/mol. The fourth-order valence-electron chi connectivity index (χ4n) is 3.40. The van der Waals surface area contributed by atoms with Gasteiger partial charge in [0.1, 0.15) is 10.6 Å². The highest BCUT2D eigenvalue weighted by Gasteiger charge is 2.43. The zero-order chi connectivity index (χ0) is 23.9. The second-order valence-corrected chi connectivity index (χ2v) is 9.92. The van der Waals surface area contributed by atoms with Crippen LogP contribution in [-0.4, -0.2) is 42.2 Å².